The van der Waals surface area contributed by atoms with Crippen LogP contribution in [-0.2, 0) is 6.42 Å². The summed E-state index contributed by atoms with van der Waals surface area (Å²) in [7, 11) is 0. The molecule has 2 aromatic heterocycles. The molecule has 30 heavy (non-hydrogen) atoms. The molecule has 1 saturated heterocycles. The first-order valence-electron chi connectivity index (χ1n) is 10.3. The molecule has 0 amide bonds. The van der Waals surface area contributed by atoms with Gasteiger partial charge in [-0.2, -0.15) is 0 Å². The summed E-state index contributed by atoms with van der Waals surface area (Å²) in [6.45, 7) is 3.81. The number of anilines is 1. The van der Waals surface area contributed by atoms with Crippen molar-refractivity contribution >= 4 is 17.5 Å². The highest BCUT2D eigenvalue weighted by atomic mass is 35.5. The number of aryl methyl sites for hydroxylation is 1. The number of piperidine rings is 1. The van der Waals surface area contributed by atoms with E-state index >= 15 is 0 Å². The van der Waals surface area contributed by atoms with E-state index in [0.717, 1.165) is 44.7 Å². The van der Waals surface area contributed by atoms with E-state index in [2.05, 4.69) is 21.8 Å². The maximum atomic E-state index is 12.5. The minimum Gasteiger partial charge on any atom is -0.490 e. The average Bonchev–Trinajstić information content (AvgIpc) is 2.76. The van der Waals surface area contributed by atoms with Crippen molar-refractivity contribution in [3.63, 3.8) is 0 Å². The molecule has 0 aliphatic carbocycles. The average molecular weight is 425 g/mol. The van der Waals surface area contributed by atoms with Crippen molar-refractivity contribution in [3.8, 4) is 11.4 Å². The van der Waals surface area contributed by atoms with Gasteiger partial charge in [0.1, 0.15) is 11.9 Å². The first kappa shape index (κ1) is 20.4. The molecule has 7 heteroatoms. The van der Waals surface area contributed by atoms with Gasteiger partial charge in [-0.3, -0.25) is 9.36 Å². The number of rotatable bonds is 6. The second kappa shape index (κ2) is 9.30. The summed E-state index contributed by atoms with van der Waals surface area (Å²) in [6.07, 6.45) is 9.42. The van der Waals surface area contributed by atoms with Gasteiger partial charge in [-0.05, 0) is 30.2 Å². The van der Waals surface area contributed by atoms with Crippen molar-refractivity contribution in [2.45, 2.75) is 38.7 Å². The molecular weight excluding hydrogens is 400 g/mol. The number of nitrogens with zero attached hydrogens (tertiary/aromatic N) is 4. The van der Waals surface area contributed by atoms with Crippen LogP contribution in [0.15, 0.2) is 59.8 Å². The predicted molar refractivity (Wildman–Crippen MR) is 119 cm³/mol. The van der Waals surface area contributed by atoms with Crippen LogP contribution >= 0.6 is 11.6 Å². The molecule has 1 aliphatic heterocycles. The fraction of sp³-hybridized carbons (Fsp3) is 0.348. The molecule has 0 saturated carbocycles. The second-order valence-corrected chi connectivity index (χ2v) is 7.87. The Bertz CT molecular complexity index is 1040. The SMILES string of the molecule is CCCc1cnc(N2CCC(Oc3ccn(-c4ccccc4Cl)c(=O)c3)CC2)nc1. The maximum absolute atomic E-state index is 12.5. The number of halogens is 1. The molecule has 0 radical (unpaired) electrons. The third-order valence-corrected chi connectivity index (χ3v) is 5.58. The van der Waals surface area contributed by atoms with Crippen molar-refractivity contribution < 1.29 is 4.74 Å². The fourth-order valence-electron chi connectivity index (χ4n) is 3.68. The Morgan fingerprint density at radius 2 is 1.87 bits per heavy atom. The lowest BCUT2D eigenvalue weighted by molar-refractivity contribution is 0.170. The van der Waals surface area contributed by atoms with E-state index in [4.69, 9.17) is 16.3 Å². The van der Waals surface area contributed by atoms with Crippen LogP contribution in [0.5, 0.6) is 5.75 Å². The molecule has 0 spiro atoms. The summed E-state index contributed by atoms with van der Waals surface area (Å²) in [6, 6.07) is 10.6. The van der Waals surface area contributed by atoms with Crippen LogP contribution < -0.4 is 15.2 Å². The number of hydrogen-bond acceptors (Lipinski definition) is 5. The van der Waals surface area contributed by atoms with E-state index in [1.54, 1.807) is 12.3 Å². The monoisotopic (exact) mass is 424 g/mol. The molecule has 1 fully saturated rings. The van der Waals surface area contributed by atoms with Gasteiger partial charge >= 0.3 is 0 Å². The zero-order chi connectivity index (χ0) is 20.9. The zero-order valence-electron chi connectivity index (χ0n) is 17.0. The molecule has 156 valence electrons. The van der Waals surface area contributed by atoms with Crippen LogP contribution in [0.25, 0.3) is 5.69 Å². The van der Waals surface area contributed by atoms with Gasteiger partial charge < -0.3 is 9.64 Å². The Balaban J connectivity index is 1.36. The van der Waals surface area contributed by atoms with Crippen LogP contribution in [0.1, 0.15) is 31.7 Å². The molecule has 4 rings (SSSR count). The number of pyridine rings is 1. The lowest BCUT2D eigenvalue weighted by Crippen LogP contribution is -2.39. The number of benzene rings is 1. The quantitative estimate of drug-likeness (QED) is 0.591. The van der Waals surface area contributed by atoms with Gasteiger partial charge in [0.2, 0.25) is 5.95 Å². The van der Waals surface area contributed by atoms with Gasteiger partial charge in [-0.1, -0.05) is 37.1 Å². The van der Waals surface area contributed by atoms with Crippen molar-refractivity contribution in [2.75, 3.05) is 18.0 Å². The number of aromatic nitrogens is 3. The van der Waals surface area contributed by atoms with E-state index in [9.17, 15) is 4.79 Å². The van der Waals surface area contributed by atoms with Crippen LogP contribution in [0.3, 0.4) is 0 Å². The van der Waals surface area contributed by atoms with Crippen LogP contribution in [-0.4, -0.2) is 33.7 Å². The van der Waals surface area contributed by atoms with E-state index in [1.165, 1.54) is 16.2 Å². The summed E-state index contributed by atoms with van der Waals surface area (Å²) in [5.41, 5.74) is 1.67. The molecule has 0 atom stereocenters. The van der Waals surface area contributed by atoms with Crippen LogP contribution in [0.4, 0.5) is 5.95 Å². The number of hydrogen-bond donors (Lipinski definition) is 0. The van der Waals surface area contributed by atoms with Crippen molar-refractivity contribution in [1.29, 1.82) is 0 Å². The number of para-hydroxylation sites is 1. The topological polar surface area (TPSA) is 60.2 Å². The molecule has 0 bridgehead atoms. The van der Waals surface area contributed by atoms with Gasteiger partial charge in [0.05, 0.1) is 10.7 Å². The van der Waals surface area contributed by atoms with Gasteiger partial charge in [0.15, 0.2) is 0 Å². The molecular formula is C23H25ClN4O2. The summed E-state index contributed by atoms with van der Waals surface area (Å²) >= 11 is 6.21. The Morgan fingerprint density at radius 1 is 1.13 bits per heavy atom. The third-order valence-electron chi connectivity index (χ3n) is 5.26. The molecule has 3 heterocycles. The smallest absolute Gasteiger partial charge is 0.258 e. The maximum Gasteiger partial charge on any atom is 0.258 e. The Morgan fingerprint density at radius 3 is 2.53 bits per heavy atom. The standard InChI is InChI=1S/C23H25ClN4O2/c1-2-5-17-15-25-23(26-16-17)27-11-8-18(9-12-27)30-19-10-13-28(22(29)14-19)21-7-4-3-6-20(21)24/h3-4,6-7,10,13-16,18H,2,5,8-9,11-12H2,1H3. The summed E-state index contributed by atoms with van der Waals surface area (Å²) < 4.78 is 7.60. The van der Waals surface area contributed by atoms with Crippen LogP contribution in [0, 0.1) is 0 Å². The molecule has 1 aromatic carbocycles. The van der Waals surface area contributed by atoms with Gasteiger partial charge in [-0.25, -0.2) is 9.97 Å². The highest BCUT2D eigenvalue weighted by molar-refractivity contribution is 6.32. The minimum absolute atomic E-state index is 0.0659. The second-order valence-electron chi connectivity index (χ2n) is 7.47. The first-order valence-corrected chi connectivity index (χ1v) is 10.7. The van der Waals surface area contributed by atoms with E-state index in [0.29, 0.717) is 16.5 Å². The summed E-state index contributed by atoms with van der Waals surface area (Å²) in [5.74, 6) is 1.36. The minimum atomic E-state index is -0.168. The summed E-state index contributed by atoms with van der Waals surface area (Å²) in [4.78, 5) is 23.7. The molecule has 3 aromatic rings. The van der Waals surface area contributed by atoms with E-state index < -0.39 is 0 Å². The fourth-order valence-corrected chi connectivity index (χ4v) is 3.90. The van der Waals surface area contributed by atoms with E-state index in [-0.39, 0.29) is 11.7 Å². The largest absolute Gasteiger partial charge is 0.490 e. The lowest BCUT2D eigenvalue weighted by Gasteiger charge is -2.32. The molecule has 0 N–H and O–H groups in total. The lowest BCUT2D eigenvalue weighted by atomic mass is 10.1. The van der Waals surface area contributed by atoms with Gasteiger partial charge in [0, 0.05) is 50.6 Å². The Hall–Kier alpha value is -2.86. The number of ether oxygens (including phenoxy) is 1. The highest BCUT2D eigenvalue weighted by Gasteiger charge is 2.22. The van der Waals surface area contributed by atoms with Crippen LogP contribution in [0.2, 0.25) is 5.02 Å². The summed E-state index contributed by atoms with van der Waals surface area (Å²) in [5, 5.41) is 0.533. The third kappa shape index (κ3) is 4.65. The van der Waals surface area contributed by atoms with Gasteiger partial charge in [0.25, 0.3) is 5.56 Å². The Labute approximate surface area is 181 Å². The molecule has 1 aliphatic rings. The zero-order valence-corrected chi connectivity index (χ0v) is 17.8. The highest BCUT2D eigenvalue weighted by Crippen LogP contribution is 2.22. The first-order chi connectivity index (χ1) is 14.6. The van der Waals surface area contributed by atoms with Crippen molar-refractivity contribution in [3.05, 3.63) is 75.9 Å². The molecule has 0 unspecified atom stereocenters. The Kier molecular flexibility index (Phi) is 6.33. The predicted octanol–water partition coefficient (Wildman–Crippen LogP) is 4.28. The van der Waals surface area contributed by atoms with Crippen molar-refractivity contribution in [1.82, 2.24) is 14.5 Å². The normalized spacial score (nSPS) is 14.7. The van der Waals surface area contributed by atoms with Crippen molar-refractivity contribution in [2.24, 2.45) is 0 Å². The van der Waals surface area contributed by atoms with E-state index in [1.807, 2.05) is 36.7 Å². The van der Waals surface area contributed by atoms with Gasteiger partial charge in [-0.15, -0.1) is 0 Å². The molecule has 6 nitrogen and oxygen atoms in total.